The lowest BCUT2D eigenvalue weighted by Gasteiger charge is -2.31. The van der Waals surface area contributed by atoms with Gasteiger partial charge in [0, 0.05) is 25.2 Å². The van der Waals surface area contributed by atoms with Crippen LogP contribution in [0.15, 0.2) is 34.9 Å². The van der Waals surface area contributed by atoms with E-state index < -0.39 is 0 Å². The number of aromatic nitrogens is 2. The topological polar surface area (TPSA) is 77.4 Å². The lowest BCUT2D eigenvalue weighted by atomic mass is 10.2. The van der Waals surface area contributed by atoms with Gasteiger partial charge in [-0.15, -0.1) is 0 Å². The smallest absolute Gasteiger partial charge is 0.257 e. The van der Waals surface area contributed by atoms with Gasteiger partial charge in [-0.3, -0.25) is 4.90 Å². The molecule has 1 unspecified atom stereocenters. The number of ether oxygens (including phenoxy) is 1. The minimum absolute atomic E-state index is 0.101. The van der Waals surface area contributed by atoms with Crippen LogP contribution in [0.5, 0.6) is 0 Å². The number of nitrogens with two attached hydrogens (primary N) is 1. The van der Waals surface area contributed by atoms with Gasteiger partial charge in [0.15, 0.2) is 5.82 Å². The summed E-state index contributed by atoms with van der Waals surface area (Å²) in [5.41, 5.74) is 6.58. The summed E-state index contributed by atoms with van der Waals surface area (Å²) in [5.74, 6) is 1.26. The maximum absolute atomic E-state index is 5.64. The highest BCUT2D eigenvalue weighted by Crippen LogP contribution is 2.17. The normalized spacial score (nSPS) is 20.1. The number of rotatable bonds is 4. The molecule has 1 atom stereocenters. The predicted octanol–water partition coefficient (Wildman–Crippen LogP) is 0.896. The molecule has 0 spiro atoms. The first-order chi connectivity index (χ1) is 9.85. The molecule has 1 fully saturated rings. The highest BCUT2D eigenvalue weighted by Gasteiger charge is 2.21. The number of morpholine rings is 1. The highest BCUT2D eigenvalue weighted by atomic mass is 16.5. The van der Waals surface area contributed by atoms with Crippen molar-refractivity contribution in [1.29, 1.82) is 0 Å². The van der Waals surface area contributed by atoms with E-state index in [-0.39, 0.29) is 6.10 Å². The van der Waals surface area contributed by atoms with Crippen molar-refractivity contribution < 1.29 is 9.26 Å². The lowest BCUT2D eigenvalue weighted by Crippen LogP contribution is -2.45. The SMILES string of the molecule is NCC1CN(Cc2noc(-c3ccccc3)n2)CCO1. The minimum atomic E-state index is 0.101. The van der Waals surface area contributed by atoms with Crippen LogP contribution in [0.1, 0.15) is 5.82 Å². The number of hydrogen-bond acceptors (Lipinski definition) is 6. The molecule has 1 aliphatic rings. The van der Waals surface area contributed by atoms with Crippen LogP contribution >= 0.6 is 0 Å². The number of nitrogens with zero attached hydrogens (tertiary/aromatic N) is 3. The Bertz CT molecular complexity index is 543. The Kier molecular flexibility index (Phi) is 4.05. The van der Waals surface area contributed by atoms with Gasteiger partial charge in [0.25, 0.3) is 5.89 Å². The Morgan fingerprint density at radius 3 is 2.95 bits per heavy atom. The Hall–Kier alpha value is -1.76. The van der Waals surface area contributed by atoms with Gasteiger partial charge in [0.05, 0.1) is 19.3 Å². The van der Waals surface area contributed by atoms with Crippen molar-refractivity contribution in [2.24, 2.45) is 5.73 Å². The Balaban J connectivity index is 1.65. The van der Waals surface area contributed by atoms with Gasteiger partial charge in [-0.25, -0.2) is 0 Å². The molecular formula is C14H18N4O2. The van der Waals surface area contributed by atoms with E-state index in [2.05, 4.69) is 15.0 Å². The lowest BCUT2D eigenvalue weighted by molar-refractivity contribution is -0.0269. The summed E-state index contributed by atoms with van der Waals surface area (Å²) in [6.07, 6.45) is 0.101. The molecule has 0 radical (unpaired) electrons. The second kappa shape index (κ2) is 6.13. The molecular weight excluding hydrogens is 256 g/mol. The van der Waals surface area contributed by atoms with Gasteiger partial charge in [-0.05, 0) is 12.1 Å². The molecule has 2 heterocycles. The second-order valence-corrected chi connectivity index (χ2v) is 4.85. The van der Waals surface area contributed by atoms with E-state index in [9.17, 15) is 0 Å². The Morgan fingerprint density at radius 2 is 2.15 bits per heavy atom. The number of benzene rings is 1. The van der Waals surface area contributed by atoms with Crippen molar-refractivity contribution in [2.75, 3.05) is 26.2 Å². The first-order valence-electron chi connectivity index (χ1n) is 6.77. The van der Waals surface area contributed by atoms with Crippen LogP contribution in [0, 0.1) is 0 Å². The fourth-order valence-electron chi connectivity index (χ4n) is 2.28. The Morgan fingerprint density at radius 1 is 1.30 bits per heavy atom. The summed E-state index contributed by atoms with van der Waals surface area (Å²) >= 11 is 0. The largest absolute Gasteiger partial charge is 0.374 e. The molecule has 0 bridgehead atoms. The standard InChI is InChI=1S/C14H18N4O2/c15-8-12-9-18(6-7-19-12)10-13-16-14(20-17-13)11-4-2-1-3-5-11/h1-5,12H,6-10,15H2. The van der Waals surface area contributed by atoms with Crippen LogP contribution in [-0.4, -0.2) is 47.4 Å². The minimum Gasteiger partial charge on any atom is -0.374 e. The van der Waals surface area contributed by atoms with Crippen LogP contribution in [0.2, 0.25) is 0 Å². The van der Waals surface area contributed by atoms with E-state index in [0.717, 1.165) is 18.7 Å². The van der Waals surface area contributed by atoms with Crippen molar-refractivity contribution in [2.45, 2.75) is 12.6 Å². The monoisotopic (exact) mass is 274 g/mol. The zero-order chi connectivity index (χ0) is 13.8. The molecule has 0 amide bonds. The number of hydrogen-bond donors (Lipinski definition) is 1. The van der Waals surface area contributed by atoms with E-state index in [0.29, 0.717) is 31.4 Å². The molecule has 1 aromatic heterocycles. The Labute approximate surface area is 117 Å². The van der Waals surface area contributed by atoms with Gasteiger partial charge in [-0.1, -0.05) is 23.4 Å². The summed E-state index contributed by atoms with van der Waals surface area (Å²) in [5, 5.41) is 4.04. The third kappa shape index (κ3) is 3.04. The van der Waals surface area contributed by atoms with Gasteiger partial charge >= 0.3 is 0 Å². The molecule has 106 valence electrons. The van der Waals surface area contributed by atoms with Crippen LogP contribution in [0.4, 0.5) is 0 Å². The second-order valence-electron chi connectivity index (χ2n) is 4.85. The predicted molar refractivity (Wildman–Crippen MR) is 73.8 cm³/mol. The van der Waals surface area contributed by atoms with E-state index in [1.165, 1.54) is 0 Å². The van der Waals surface area contributed by atoms with Crippen LogP contribution < -0.4 is 5.73 Å². The van der Waals surface area contributed by atoms with Crippen LogP contribution in [-0.2, 0) is 11.3 Å². The van der Waals surface area contributed by atoms with E-state index in [4.69, 9.17) is 15.0 Å². The first-order valence-corrected chi connectivity index (χ1v) is 6.77. The third-order valence-electron chi connectivity index (χ3n) is 3.34. The molecule has 0 saturated carbocycles. The molecule has 20 heavy (non-hydrogen) atoms. The molecule has 2 aromatic rings. The van der Waals surface area contributed by atoms with Crippen molar-refractivity contribution >= 4 is 0 Å². The molecule has 1 aromatic carbocycles. The highest BCUT2D eigenvalue weighted by molar-refractivity contribution is 5.51. The van der Waals surface area contributed by atoms with Crippen molar-refractivity contribution in [3.63, 3.8) is 0 Å². The fraction of sp³-hybridized carbons (Fsp3) is 0.429. The average molecular weight is 274 g/mol. The summed E-state index contributed by atoms with van der Waals surface area (Å²) in [4.78, 5) is 6.67. The summed E-state index contributed by atoms with van der Waals surface area (Å²) in [6.45, 7) is 3.58. The van der Waals surface area contributed by atoms with Gasteiger partial charge in [0.2, 0.25) is 0 Å². The van der Waals surface area contributed by atoms with E-state index >= 15 is 0 Å². The van der Waals surface area contributed by atoms with E-state index in [1.54, 1.807) is 0 Å². The molecule has 6 heteroatoms. The van der Waals surface area contributed by atoms with Crippen molar-refractivity contribution in [3.05, 3.63) is 36.2 Å². The fourth-order valence-corrected chi connectivity index (χ4v) is 2.28. The third-order valence-corrected chi connectivity index (χ3v) is 3.34. The van der Waals surface area contributed by atoms with E-state index in [1.807, 2.05) is 30.3 Å². The summed E-state index contributed by atoms with van der Waals surface area (Å²) in [7, 11) is 0. The quantitative estimate of drug-likeness (QED) is 0.892. The van der Waals surface area contributed by atoms with Crippen LogP contribution in [0.25, 0.3) is 11.5 Å². The maximum atomic E-state index is 5.64. The maximum Gasteiger partial charge on any atom is 0.257 e. The van der Waals surface area contributed by atoms with Gasteiger partial charge in [-0.2, -0.15) is 4.98 Å². The summed E-state index contributed by atoms with van der Waals surface area (Å²) < 4.78 is 10.8. The van der Waals surface area contributed by atoms with Crippen LogP contribution in [0.3, 0.4) is 0 Å². The zero-order valence-corrected chi connectivity index (χ0v) is 11.2. The molecule has 0 aliphatic carbocycles. The van der Waals surface area contributed by atoms with Crippen molar-refractivity contribution in [1.82, 2.24) is 15.0 Å². The van der Waals surface area contributed by atoms with Crippen molar-refractivity contribution in [3.8, 4) is 11.5 Å². The molecule has 1 saturated heterocycles. The zero-order valence-electron chi connectivity index (χ0n) is 11.2. The molecule has 2 N–H and O–H groups in total. The average Bonchev–Trinajstić information content (AvgIpc) is 2.97. The molecule has 1 aliphatic heterocycles. The van der Waals surface area contributed by atoms with Gasteiger partial charge in [0.1, 0.15) is 0 Å². The summed E-state index contributed by atoms with van der Waals surface area (Å²) in [6, 6.07) is 9.77. The molecule has 6 nitrogen and oxygen atoms in total. The molecule has 3 rings (SSSR count). The first kappa shape index (κ1) is 13.2. The van der Waals surface area contributed by atoms with Gasteiger partial charge < -0.3 is 15.0 Å².